The van der Waals surface area contributed by atoms with Gasteiger partial charge in [0.15, 0.2) is 0 Å². The number of hydrogen-bond acceptors (Lipinski definition) is 4. The number of nitrogens with zero attached hydrogens (tertiary/aromatic N) is 1. The normalized spacial score (nSPS) is 19.4. The highest BCUT2D eigenvalue weighted by atomic mass is 32.1. The lowest BCUT2D eigenvalue weighted by Gasteiger charge is -2.33. The lowest BCUT2D eigenvalue weighted by atomic mass is 10.0. The Hall–Kier alpha value is -0.910. The van der Waals surface area contributed by atoms with E-state index in [4.69, 9.17) is 5.11 Å². The highest BCUT2D eigenvalue weighted by Gasteiger charge is 2.23. The van der Waals surface area contributed by atoms with Gasteiger partial charge < -0.3 is 15.3 Å². The average molecular weight is 282 g/mol. The van der Waals surface area contributed by atoms with Crippen molar-refractivity contribution in [2.24, 2.45) is 0 Å². The number of hydrogen-bond donors (Lipinski definition) is 2. The molecule has 2 heterocycles. The number of thiophene rings is 1. The number of piperidine rings is 1. The van der Waals surface area contributed by atoms with E-state index in [1.807, 2.05) is 17.5 Å². The van der Waals surface area contributed by atoms with Gasteiger partial charge in [0.2, 0.25) is 0 Å². The van der Waals surface area contributed by atoms with Gasteiger partial charge >= 0.3 is 5.97 Å². The van der Waals surface area contributed by atoms with Gasteiger partial charge in [0, 0.05) is 10.9 Å². The molecular weight excluding hydrogens is 260 g/mol. The monoisotopic (exact) mass is 282 g/mol. The van der Waals surface area contributed by atoms with Crippen LogP contribution in [0.25, 0.3) is 0 Å². The third-order valence-corrected chi connectivity index (χ3v) is 4.72. The van der Waals surface area contributed by atoms with Crippen LogP contribution in [0.1, 0.15) is 37.1 Å². The molecule has 0 aromatic carbocycles. The Morgan fingerprint density at radius 3 is 2.84 bits per heavy atom. The SMILES string of the molecule is CCN1CCC(NC(CC(=O)O)c2cccs2)CC1. The molecule has 106 valence electrons. The summed E-state index contributed by atoms with van der Waals surface area (Å²) in [5.74, 6) is -0.739. The first-order valence-electron chi connectivity index (χ1n) is 6.92. The van der Waals surface area contributed by atoms with Crippen LogP contribution in [0.15, 0.2) is 17.5 Å². The number of carboxylic acid groups (broad SMARTS) is 1. The van der Waals surface area contributed by atoms with Gasteiger partial charge in [-0.2, -0.15) is 0 Å². The molecule has 19 heavy (non-hydrogen) atoms. The molecule has 2 N–H and O–H groups in total. The number of rotatable bonds is 6. The lowest BCUT2D eigenvalue weighted by Crippen LogP contribution is -2.43. The van der Waals surface area contributed by atoms with E-state index in [0.717, 1.165) is 37.4 Å². The van der Waals surface area contributed by atoms with Crippen LogP contribution in [-0.4, -0.2) is 41.7 Å². The molecule has 0 bridgehead atoms. The molecule has 0 spiro atoms. The van der Waals surface area contributed by atoms with Crippen LogP contribution >= 0.6 is 11.3 Å². The first-order valence-corrected chi connectivity index (χ1v) is 7.80. The fourth-order valence-electron chi connectivity index (χ4n) is 2.61. The van der Waals surface area contributed by atoms with Crippen molar-refractivity contribution < 1.29 is 9.90 Å². The van der Waals surface area contributed by atoms with Crippen LogP contribution in [0, 0.1) is 0 Å². The highest BCUT2D eigenvalue weighted by Crippen LogP contribution is 2.24. The van der Waals surface area contributed by atoms with E-state index in [1.54, 1.807) is 11.3 Å². The zero-order valence-electron chi connectivity index (χ0n) is 11.3. The maximum Gasteiger partial charge on any atom is 0.305 e. The molecule has 1 atom stereocenters. The minimum atomic E-state index is -0.739. The zero-order chi connectivity index (χ0) is 13.7. The summed E-state index contributed by atoms with van der Waals surface area (Å²) < 4.78 is 0. The van der Waals surface area contributed by atoms with Crippen molar-refractivity contribution in [3.8, 4) is 0 Å². The van der Waals surface area contributed by atoms with E-state index in [1.165, 1.54) is 0 Å². The summed E-state index contributed by atoms with van der Waals surface area (Å²) >= 11 is 1.63. The molecule has 1 fully saturated rings. The summed E-state index contributed by atoms with van der Waals surface area (Å²) in [4.78, 5) is 14.6. The Morgan fingerprint density at radius 1 is 1.58 bits per heavy atom. The molecule has 2 rings (SSSR count). The lowest BCUT2D eigenvalue weighted by molar-refractivity contribution is -0.137. The Bertz CT molecular complexity index is 386. The summed E-state index contributed by atoms with van der Waals surface area (Å²) in [6, 6.07) is 4.40. The molecule has 0 radical (unpaired) electrons. The van der Waals surface area contributed by atoms with E-state index in [-0.39, 0.29) is 12.5 Å². The predicted octanol–water partition coefficient (Wildman–Crippen LogP) is 2.34. The highest BCUT2D eigenvalue weighted by molar-refractivity contribution is 7.10. The number of carboxylic acids is 1. The first kappa shape index (κ1) is 14.5. The second-order valence-corrected chi connectivity index (χ2v) is 6.02. The molecule has 1 aliphatic heterocycles. The summed E-state index contributed by atoms with van der Waals surface area (Å²) in [5, 5.41) is 14.6. The Morgan fingerprint density at radius 2 is 2.32 bits per heavy atom. The summed E-state index contributed by atoms with van der Waals surface area (Å²) in [5.41, 5.74) is 0. The molecule has 1 saturated heterocycles. The smallest absolute Gasteiger partial charge is 0.305 e. The van der Waals surface area contributed by atoms with E-state index < -0.39 is 5.97 Å². The number of carbonyl (C=O) groups is 1. The topological polar surface area (TPSA) is 52.6 Å². The molecule has 0 aliphatic carbocycles. The molecule has 1 unspecified atom stereocenters. The molecule has 5 heteroatoms. The maximum absolute atomic E-state index is 11.0. The first-order chi connectivity index (χ1) is 9.19. The van der Waals surface area contributed by atoms with Crippen LogP contribution < -0.4 is 5.32 Å². The van der Waals surface area contributed by atoms with Crippen molar-refractivity contribution in [3.05, 3.63) is 22.4 Å². The van der Waals surface area contributed by atoms with E-state index >= 15 is 0 Å². The third kappa shape index (κ3) is 4.30. The number of aliphatic carboxylic acids is 1. The minimum Gasteiger partial charge on any atom is -0.481 e. The van der Waals surface area contributed by atoms with Gasteiger partial charge in [-0.1, -0.05) is 13.0 Å². The minimum absolute atomic E-state index is 0.0457. The number of likely N-dealkylation sites (tertiary alicyclic amines) is 1. The van der Waals surface area contributed by atoms with Gasteiger partial charge in [-0.15, -0.1) is 11.3 Å². The van der Waals surface area contributed by atoms with Crippen LogP contribution in [0.3, 0.4) is 0 Å². The van der Waals surface area contributed by atoms with Crippen molar-refractivity contribution in [1.29, 1.82) is 0 Å². The second kappa shape index (κ2) is 7.03. The summed E-state index contributed by atoms with van der Waals surface area (Å²) in [6.45, 7) is 5.51. The zero-order valence-corrected chi connectivity index (χ0v) is 12.2. The second-order valence-electron chi connectivity index (χ2n) is 5.04. The van der Waals surface area contributed by atoms with Crippen molar-refractivity contribution in [3.63, 3.8) is 0 Å². The van der Waals surface area contributed by atoms with Crippen molar-refractivity contribution in [2.75, 3.05) is 19.6 Å². The van der Waals surface area contributed by atoms with Gasteiger partial charge in [0.25, 0.3) is 0 Å². The Labute approximate surface area is 118 Å². The van der Waals surface area contributed by atoms with Crippen LogP contribution in [0.2, 0.25) is 0 Å². The Kier molecular flexibility index (Phi) is 5.36. The Balaban J connectivity index is 1.91. The summed E-state index contributed by atoms with van der Waals surface area (Å²) in [7, 11) is 0. The maximum atomic E-state index is 11.0. The summed E-state index contributed by atoms with van der Waals surface area (Å²) in [6.07, 6.45) is 2.37. The van der Waals surface area contributed by atoms with Gasteiger partial charge in [-0.3, -0.25) is 4.79 Å². The van der Waals surface area contributed by atoms with E-state index in [0.29, 0.717) is 6.04 Å². The van der Waals surface area contributed by atoms with Crippen LogP contribution in [-0.2, 0) is 4.79 Å². The van der Waals surface area contributed by atoms with Crippen molar-refractivity contribution in [2.45, 2.75) is 38.3 Å². The van der Waals surface area contributed by atoms with Crippen LogP contribution in [0.4, 0.5) is 0 Å². The molecule has 4 nitrogen and oxygen atoms in total. The quantitative estimate of drug-likeness (QED) is 0.841. The molecule has 1 aromatic rings. The van der Waals surface area contributed by atoms with Gasteiger partial charge in [0.05, 0.1) is 12.5 Å². The van der Waals surface area contributed by atoms with E-state index in [2.05, 4.69) is 17.1 Å². The molecule has 0 amide bonds. The molecule has 1 aliphatic rings. The fraction of sp³-hybridized carbons (Fsp3) is 0.643. The third-order valence-electron chi connectivity index (χ3n) is 3.74. The van der Waals surface area contributed by atoms with E-state index in [9.17, 15) is 4.79 Å². The predicted molar refractivity (Wildman–Crippen MR) is 77.6 cm³/mol. The van der Waals surface area contributed by atoms with Crippen molar-refractivity contribution in [1.82, 2.24) is 10.2 Å². The van der Waals surface area contributed by atoms with Gasteiger partial charge in [-0.25, -0.2) is 0 Å². The standard InChI is InChI=1S/C14H22N2O2S/c1-2-16-7-5-11(6-8-16)15-12(10-14(17)18)13-4-3-9-19-13/h3-4,9,11-12,15H,2,5-8,10H2,1H3,(H,17,18). The largest absolute Gasteiger partial charge is 0.481 e. The van der Waals surface area contributed by atoms with Crippen LogP contribution in [0.5, 0.6) is 0 Å². The molecule has 1 aromatic heterocycles. The van der Waals surface area contributed by atoms with Gasteiger partial charge in [-0.05, 0) is 43.9 Å². The average Bonchev–Trinajstić information content (AvgIpc) is 2.92. The molecule has 0 saturated carbocycles. The molecular formula is C14H22N2O2S. The fourth-order valence-corrected chi connectivity index (χ4v) is 3.39. The van der Waals surface area contributed by atoms with Gasteiger partial charge in [0.1, 0.15) is 0 Å². The van der Waals surface area contributed by atoms with Crippen molar-refractivity contribution >= 4 is 17.3 Å². The number of nitrogens with one attached hydrogen (secondary N) is 1.